The Hall–Kier alpha value is -3.35. The first-order valence-electron chi connectivity index (χ1n) is 9.04. The number of hydrogen-bond donors (Lipinski definition) is 0. The predicted molar refractivity (Wildman–Crippen MR) is 104 cm³/mol. The van der Waals surface area contributed by atoms with Gasteiger partial charge in [0.05, 0.1) is 13.7 Å². The molecule has 0 fully saturated rings. The number of carbonyl (C=O) groups is 1. The van der Waals surface area contributed by atoms with E-state index in [0.717, 1.165) is 5.56 Å². The highest BCUT2D eigenvalue weighted by Crippen LogP contribution is 2.21. The Morgan fingerprint density at radius 1 is 1.14 bits per heavy atom. The van der Waals surface area contributed by atoms with E-state index in [2.05, 4.69) is 10.1 Å². The minimum atomic E-state index is -0.617. The molecule has 0 aliphatic heterocycles. The summed E-state index contributed by atoms with van der Waals surface area (Å²) in [5.74, 6) is 1.96. The molecule has 3 rings (SSSR count). The highest BCUT2D eigenvalue weighted by Gasteiger charge is 2.24. The van der Waals surface area contributed by atoms with Crippen molar-refractivity contribution < 1.29 is 18.8 Å². The van der Waals surface area contributed by atoms with Crippen LogP contribution in [0.3, 0.4) is 0 Å². The SMILES string of the molecule is CCC(Oc1cccc(OC)c1)C(=O)N(C)Cc1nc(-c2ccccc2)no1. The van der Waals surface area contributed by atoms with Crippen LogP contribution in [0.15, 0.2) is 59.1 Å². The van der Waals surface area contributed by atoms with Gasteiger partial charge in [-0.15, -0.1) is 0 Å². The molecule has 0 saturated heterocycles. The van der Waals surface area contributed by atoms with E-state index in [0.29, 0.717) is 29.6 Å². The van der Waals surface area contributed by atoms with Crippen molar-refractivity contribution in [1.29, 1.82) is 0 Å². The summed E-state index contributed by atoms with van der Waals surface area (Å²) < 4.78 is 16.3. The van der Waals surface area contributed by atoms with Gasteiger partial charge >= 0.3 is 0 Å². The standard InChI is InChI=1S/C21H23N3O4/c1-4-18(27-17-12-8-11-16(13-17)26-3)21(25)24(2)14-19-22-20(23-28-19)15-9-6-5-7-10-15/h5-13,18H,4,14H2,1-3H3. The van der Waals surface area contributed by atoms with Crippen molar-refractivity contribution in [2.45, 2.75) is 26.0 Å². The van der Waals surface area contributed by atoms with E-state index >= 15 is 0 Å². The Bertz CT molecular complexity index is 911. The Morgan fingerprint density at radius 3 is 2.61 bits per heavy atom. The lowest BCUT2D eigenvalue weighted by Crippen LogP contribution is -2.39. The summed E-state index contributed by atoms with van der Waals surface area (Å²) in [5, 5.41) is 3.98. The van der Waals surface area contributed by atoms with Gasteiger partial charge in [0.1, 0.15) is 11.5 Å². The Balaban J connectivity index is 1.64. The van der Waals surface area contributed by atoms with Gasteiger partial charge in [0, 0.05) is 18.7 Å². The van der Waals surface area contributed by atoms with Crippen LogP contribution < -0.4 is 9.47 Å². The lowest BCUT2D eigenvalue weighted by atomic mass is 10.2. The molecule has 1 aromatic heterocycles. The maximum atomic E-state index is 12.8. The molecule has 0 aliphatic rings. The van der Waals surface area contributed by atoms with E-state index in [1.807, 2.05) is 49.4 Å². The predicted octanol–water partition coefficient (Wildman–Crippen LogP) is 3.56. The summed E-state index contributed by atoms with van der Waals surface area (Å²) in [4.78, 5) is 18.7. The molecule has 1 heterocycles. The van der Waals surface area contributed by atoms with Gasteiger partial charge in [0.25, 0.3) is 5.91 Å². The summed E-state index contributed by atoms with van der Waals surface area (Å²) in [6.07, 6.45) is -0.0898. The third-order valence-corrected chi connectivity index (χ3v) is 4.21. The molecule has 0 aliphatic carbocycles. The lowest BCUT2D eigenvalue weighted by Gasteiger charge is -2.22. The molecule has 7 heteroatoms. The van der Waals surface area contributed by atoms with E-state index in [1.54, 1.807) is 26.3 Å². The first kappa shape index (κ1) is 19.4. The topological polar surface area (TPSA) is 77.7 Å². The third-order valence-electron chi connectivity index (χ3n) is 4.21. The fraction of sp³-hybridized carbons (Fsp3) is 0.286. The summed E-state index contributed by atoms with van der Waals surface area (Å²) >= 11 is 0. The van der Waals surface area contributed by atoms with Crippen molar-refractivity contribution in [3.05, 3.63) is 60.5 Å². The smallest absolute Gasteiger partial charge is 0.263 e. The third kappa shape index (κ3) is 4.68. The zero-order chi connectivity index (χ0) is 19.9. The van der Waals surface area contributed by atoms with Crippen molar-refractivity contribution >= 4 is 5.91 Å². The number of amides is 1. The minimum absolute atomic E-state index is 0.162. The summed E-state index contributed by atoms with van der Waals surface area (Å²) in [7, 11) is 3.27. The van der Waals surface area contributed by atoms with Crippen molar-refractivity contribution in [2.75, 3.05) is 14.2 Å². The van der Waals surface area contributed by atoms with Crippen LogP contribution in [-0.2, 0) is 11.3 Å². The second-order valence-electron chi connectivity index (χ2n) is 6.27. The zero-order valence-corrected chi connectivity index (χ0v) is 16.2. The Labute approximate surface area is 163 Å². The zero-order valence-electron chi connectivity index (χ0n) is 16.2. The average molecular weight is 381 g/mol. The van der Waals surface area contributed by atoms with Gasteiger partial charge in [0.15, 0.2) is 6.10 Å². The van der Waals surface area contributed by atoms with Crippen LogP contribution >= 0.6 is 0 Å². The molecule has 7 nitrogen and oxygen atoms in total. The van der Waals surface area contributed by atoms with Crippen LogP contribution in [0.25, 0.3) is 11.4 Å². The fourth-order valence-electron chi connectivity index (χ4n) is 2.70. The van der Waals surface area contributed by atoms with E-state index in [9.17, 15) is 4.79 Å². The normalized spacial score (nSPS) is 11.7. The quantitative estimate of drug-likeness (QED) is 0.594. The number of likely N-dealkylation sites (N-methyl/N-ethyl adjacent to an activating group) is 1. The van der Waals surface area contributed by atoms with E-state index in [1.165, 1.54) is 4.90 Å². The minimum Gasteiger partial charge on any atom is -0.497 e. The van der Waals surface area contributed by atoms with E-state index < -0.39 is 6.10 Å². The van der Waals surface area contributed by atoms with Crippen LogP contribution in [0.5, 0.6) is 11.5 Å². The molecule has 0 spiro atoms. The fourth-order valence-corrected chi connectivity index (χ4v) is 2.70. The van der Waals surface area contributed by atoms with Gasteiger partial charge in [-0.1, -0.05) is 48.5 Å². The van der Waals surface area contributed by atoms with E-state index in [-0.39, 0.29) is 12.5 Å². The maximum absolute atomic E-state index is 12.8. The first-order chi connectivity index (χ1) is 13.6. The molecule has 2 aromatic carbocycles. The van der Waals surface area contributed by atoms with Gasteiger partial charge in [-0.05, 0) is 18.6 Å². The summed E-state index contributed by atoms with van der Waals surface area (Å²) in [5.41, 5.74) is 0.860. The molecule has 1 unspecified atom stereocenters. The number of benzene rings is 2. The molecule has 0 saturated carbocycles. The highest BCUT2D eigenvalue weighted by molar-refractivity contribution is 5.81. The van der Waals surface area contributed by atoms with Crippen LogP contribution in [0.4, 0.5) is 0 Å². The van der Waals surface area contributed by atoms with Crippen molar-refractivity contribution in [1.82, 2.24) is 15.0 Å². The number of hydrogen-bond acceptors (Lipinski definition) is 6. The van der Waals surface area contributed by atoms with Crippen molar-refractivity contribution in [2.24, 2.45) is 0 Å². The molecular weight excluding hydrogens is 358 g/mol. The van der Waals surface area contributed by atoms with Gasteiger partial charge in [-0.25, -0.2) is 0 Å². The maximum Gasteiger partial charge on any atom is 0.263 e. The molecule has 1 amide bonds. The number of aromatic nitrogens is 2. The molecule has 3 aromatic rings. The van der Waals surface area contributed by atoms with Crippen molar-refractivity contribution in [3.63, 3.8) is 0 Å². The van der Waals surface area contributed by atoms with Gasteiger partial charge < -0.3 is 18.9 Å². The molecule has 28 heavy (non-hydrogen) atoms. The van der Waals surface area contributed by atoms with Gasteiger partial charge in [0.2, 0.25) is 11.7 Å². The molecule has 146 valence electrons. The largest absolute Gasteiger partial charge is 0.497 e. The molecule has 0 radical (unpaired) electrons. The first-order valence-corrected chi connectivity index (χ1v) is 9.04. The summed E-state index contributed by atoms with van der Waals surface area (Å²) in [6, 6.07) is 16.7. The van der Waals surface area contributed by atoms with E-state index in [4.69, 9.17) is 14.0 Å². The molecular formula is C21H23N3O4. The van der Waals surface area contributed by atoms with Crippen LogP contribution in [0, 0.1) is 0 Å². The monoisotopic (exact) mass is 381 g/mol. The number of rotatable bonds is 8. The Morgan fingerprint density at radius 2 is 1.89 bits per heavy atom. The number of ether oxygens (including phenoxy) is 2. The van der Waals surface area contributed by atoms with Crippen LogP contribution in [0.2, 0.25) is 0 Å². The van der Waals surface area contributed by atoms with Gasteiger partial charge in [-0.2, -0.15) is 4.98 Å². The molecule has 1 atom stereocenters. The lowest BCUT2D eigenvalue weighted by molar-refractivity contribution is -0.138. The highest BCUT2D eigenvalue weighted by atomic mass is 16.5. The van der Waals surface area contributed by atoms with Gasteiger partial charge in [-0.3, -0.25) is 4.79 Å². The second kappa shape index (κ2) is 9.03. The van der Waals surface area contributed by atoms with Crippen molar-refractivity contribution in [3.8, 4) is 22.9 Å². The van der Waals surface area contributed by atoms with Crippen LogP contribution in [-0.4, -0.2) is 41.2 Å². The second-order valence-corrected chi connectivity index (χ2v) is 6.27. The summed E-state index contributed by atoms with van der Waals surface area (Å²) in [6.45, 7) is 2.10. The average Bonchev–Trinajstić information content (AvgIpc) is 3.20. The Kier molecular flexibility index (Phi) is 6.26. The number of carbonyl (C=O) groups excluding carboxylic acids is 1. The molecule has 0 bridgehead atoms. The number of methoxy groups -OCH3 is 1. The van der Waals surface area contributed by atoms with Crippen LogP contribution in [0.1, 0.15) is 19.2 Å². The molecule has 0 N–H and O–H groups in total. The number of nitrogens with zero attached hydrogens (tertiary/aromatic N) is 3.